The first kappa shape index (κ1) is 17.5. The lowest BCUT2D eigenvalue weighted by Gasteiger charge is -2.35. The molecule has 8 heteroatoms. The van der Waals surface area contributed by atoms with Crippen LogP contribution in [0.2, 0.25) is 5.15 Å². The molecular formula is C19H19ClN6O. The number of nitrogens with one attached hydrogen (secondary N) is 1. The van der Waals surface area contributed by atoms with E-state index in [1.165, 1.54) is 0 Å². The van der Waals surface area contributed by atoms with E-state index < -0.39 is 0 Å². The lowest BCUT2D eigenvalue weighted by molar-refractivity contribution is 0.196. The van der Waals surface area contributed by atoms with Crippen LogP contribution in [0.3, 0.4) is 0 Å². The SMILES string of the molecule is CNC(=O)N1CCN(c2nc(-c3ccnc(Cl)c3)cc3cnccc23)CC1. The van der Waals surface area contributed by atoms with Crippen LogP contribution in [0.15, 0.2) is 42.9 Å². The number of nitrogens with zero attached hydrogens (tertiary/aromatic N) is 5. The molecule has 0 aliphatic carbocycles. The summed E-state index contributed by atoms with van der Waals surface area (Å²) in [7, 11) is 1.65. The van der Waals surface area contributed by atoms with Crippen LogP contribution in [-0.2, 0) is 0 Å². The Morgan fingerprint density at radius 3 is 2.70 bits per heavy atom. The molecule has 138 valence electrons. The molecule has 4 heterocycles. The van der Waals surface area contributed by atoms with E-state index in [1.807, 2.05) is 29.3 Å². The number of hydrogen-bond donors (Lipinski definition) is 1. The van der Waals surface area contributed by atoms with Gasteiger partial charge in [-0.15, -0.1) is 0 Å². The third-order valence-corrected chi connectivity index (χ3v) is 4.92. The van der Waals surface area contributed by atoms with Crippen LogP contribution in [0.4, 0.5) is 10.6 Å². The number of carbonyl (C=O) groups excluding carboxylic acids is 1. The lowest BCUT2D eigenvalue weighted by Crippen LogP contribution is -2.51. The van der Waals surface area contributed by atoms with Crippen molar-refractivity contribution in [2.75, 3.05) is 38.1 Å². The third-order valence-electron chi connectivity index (χ3n) is 4.71. The summed E-state index contributed by atoms with van der Waals surface area (Å²) in [5.74, 6) is 0.898. The van der Waals surface area contributed by atoms with Gasteiger partial charge in [0.2, 0.25) is 0 Å². The summed E-state index contributed by atoms with van der Waals surface area (Å²) in [5, 5.41) is 5.17. The number of anilines is 1. The molecule has 3 aromatic rings. The second-order valence-electron chi connectivity index (χ2n) is 6.32. The maximum Gasteiger partial charge on any atom is 0.317 e. The fourth-order valence-electron chi connectivity index (χ4n) is 3.31. The van der Waals surface area contributed by atoms with Gasteiger partial charge in [0.15, 0.2) is 0 Å². The number of urea groups is 1. The van der Waals surface area contributed by atoms with E-state index in [0.717, 1.165) is 40.9 Å². The average molecular weight is 383 g/mol. The van der Waals surface area contributed by atoms with E-state index in [0.29, 0.717) is 18.2 Å². The van der Waals surface area contributed by atoms with Crippen LogP contribution < -0.4 is 10.2 Å². The van der Waals surface area contributed by atoms with Crippen LogP contribution in [-0.4, -0.2) is 59.1 Å². The van der Waals surface area contributed by atoms with Gasteiger partial charge >= 0.3 is 6.03 Å². The monoisotopic (exact) mass is 382 g/mol. The molecule has 1 fully saturated rings. The van der Waals surface area contributed by atoms with Crippen molar-refractivity contribution in [3.8, 4) is 11.3 Å². The molecule has 1 aliphatic rings. The first-order chi connectivity index (χ1) is 13.2. The Labute approximate surface area is 162 Å². The van der Waals surface area contributed by atoms with Gasteiger partial charge in [-0.1, -0.05) is 11.6 Å². The van der Waals surface area contributed by atoms with Gasteiger partial charge in [-0.05, 0) is 24.3 Å². The number of halogens is 1. The van der Waals surface area contributed by atoms with Crippen molar-refractivity contribution in [2.24, 2.45) is 0 Å². The highest BCUT2D eigenvalue weighted by Gasteiger charge is 2.23. The summed E-state index contributed by atoms with van der Waals surface area (Å²) < 4.78 is 0. The first-order valence-corrected chi connectivity index (χ1v) is 9.12. The van der Waals surface area contributed by atoms with E-state index >= 15 is 0 Å². The third kappa shape index (κ3) is 3.50. The first-order valence-electron chi connectivity index (χ1n) is 8.74. The van der Waals surface area contributed by atoms with E-state index in [9.17, 15) is 4.79 Å². The number of hydrogen-bond acceptors (Lipinski definition) is 5. The number of carbonyl (C=O) groups is 1. The summed E-state index contributed by atoms with van der Waals surface area (Å²) in [6, 6.07) is 7.64. The molecule has 0 aromatic carbocycles. The quantitative estimate of drug-likeness (QED) is 0.690. The molecule has 0 saturated carbocycles. The zero-order chi connectivity index (χ0) is 18.8. The van der Waals surface area contributed by atoms with Crippen molar-refractivity contribution < 1.29 is 4.79 Å². The minimum Gasteiger partial charge on any atom is -0.353 e. The molecule has 0 unspecified atom stereocenters. The van der Waals surface area contributed by atoms with Crippen molar-refractivity contribution in [1.29, 1.82) is 0 Å². The van der Waals surface area contributed by atoms with Crippen LogP contribution in [0.1, 0.15) is 0 Å². The van der Waals surface area contributed by atoms with Crippen LogP contribution >= 0.6 is 11.6 Å². The van der Waals surface area contributed by atoms with Gasteiger partial charge in [-0.2, -0.15) is 0 Å². The molecule has 0 radical (unpaired) electrons. The summed E-state index contributed by atoms with van der Waals surface area (Å²) in [6.45, 7) is 2.75. The van der Waals surface area contributed by atoms with Gasteiger partial charge < -0.3 is 15.1 Å². The molecular weight excluding hydrogens is 364 g/mol. The van der Waals surface area contributed by atoms with Crippen molar-refractivity contribution >= 4 is 34.2 Å². The molecule has 2 amide bonds. The van der Waals surface area contributed by atoms with Gasteiger partial charge in [0, 0.05) is 68.2 Å². The molecule has 1 saturated heterocycles. The van der Waals surface area contributed by atoms with Crippen LogP contribution in [0.5, 0.6) is 0 Å². The molecule has 4 rings (SSSR count). The minimum absolute atomic E-state index is 0.0446. The Bertz CT molecular complexity index is 987. The molecule has 1 N–H and O–H groups in total. The largest absolute Gasteiger partial charge is 0.353 e. The molecule has 1 aliphatic heterocycles. The van der Waals surface area contributed by atoms with Gasteiger partial charge in [0.05, 0.1) is 5.69 Å². The highest BCUT2D eigenvalue weighted by molar-refractivity contribution is 6.29. The second-order valence-corrected chi connectivity index (χ2v) is 6.71. The molecule has 0 atom stereocenters. The highest BCUT2D eigenvalue weighted by atomic mass is 35.5. The fourth-order valence-corrected chi connectivity index (χ4v) is 3.48. The van der Waals surface area contributed by atoms with Gasteiger partial charge in [0.1, 0.15) is 11.0 Å². The Hall–Kier alpha value is -2.93. The summed E-state index contributed by atoms with van der Waals surface area (Å²) in [5.41, 5.74) is 1.73. The predicted octanol–water partition coefficient (Wildman–Crippen LogP) is 2.81. The van der Waals surface area contributed by atoms with Crippen LogP contribution in [0.25, 0.3) is 22.0 Å². The zero-order valence-electron chi connectivity index (χ0n) is 14.9. The topological polar surface area (TPSA) is 74.2 Å². The Balaban J connectivity index is 1.73. The number of piperazine rings is 1. The van der Waals surface area contributed by atoms with Gasteiger partial charge in [-0.25, -0.2) is 14.8 Å². The van der Waals surface area contributed by atoms with Gasteiger partial charge in [-0.3, -0.25) is 4.98 Å². The lowest BCUT2D eigenvalue weighted by atomic mass is 10.1. The normalized spacial score (nSPS) is 14.4. The van der Waals surface area contributed by atoms with E-state index in [4.69, 9.17) is 16.6 Å². The minimum atomic E-state index is -0.0446. The Morgan fingerprint density at radius 1 is 1.15 bits per heavy atom. The smallest absolute Gasteiger partial charge is 0.317 e. The molecule has 27 heavy (non-hydrogen) atoms. The van der Waals surface area contributed by atoms with E-state index in [1.54, 1.807) is 25.5 Å². The summed E-state index contributed by atoms with van der Waals surface area (Å²) >= 11 is 6.06. The average Bonchev–Trinajstić information content (AvgIpc) is 2.72. The van der Waals surface area contributed by atoms with Crippen molar-refractivity contribution in [3.05, 3.63) is 48.0 Å². The number of aromatic nitrogens is 3. The van der Waals surface area contributed by atoms with Crippen LogP contribution in [0, 0.1) is 0 Å². The molecule has 3 aromatic heterocycles. The van der Waals surface area contributed by atoms with Crippen molar-refractivity contribution in [3.63, 3.8) is 0 Å². The predicted molar refractivity (Wildman–Crippen MR) is 106 cm³/mol. The molecule has 0 bridgehead atoms. The summed E-state index contributed by atoms with van der Waals surface area (Å²) in [6.07, 6.45) is 5.29. The van der Waals surface area contributed by atoms with E-state index in [2.05, 4.69) is 20.2 Å². The van der Waals surface area contributed by atoms with Gasteiger partial charge in [0.25, 0.3) is 0 Å². The highest BCUT2D eigenvalue weighted by Crippen LogP contribution is 2.30. The number of fused-ring (bicyclic) bond motifs is 1. The standard InChI is InChI=1S/C19H19ClN6O/c1-21-19(27)26-8-6-25(7-9-26)18-15-3-4-22-12-14(15)10-16(24-18)13-2-5-23-17(20)11-13/h2-5,10-12H,6-9H2,1H3,(H,21,27). The Morgan fingerprint density at radius 2 is 1.96 bits per heavy atom. The fraction of sp³-hybridized carbons (Fsp3) is 0.263. The molecule has 0 spiro atoms. The number of pyridine rings is 3. The molecule has 7 nitrogen and oxygen atoms in total. The second kappa shape index (κ2) is 7.36. The maximum absolute atomic E-state index is 11.8. The number of rotatable bonds is 2. The maximum atomic E-state index is 11.8. The Kier molecular flexibility index (Phi) is 4.77. The number of amides is 2. The van der Waals surface area contributed by atoms with Crippen molar-refractivity contribution in [2.45, 2.75) is 0 Å². The summed E-state index contributed by atoms with van der Waals surface area (Å²) in [4.78, 5) is 29.1. The van der Waals surface area contributed by atoms with Crippen molar-refractivity contribution in [1.82, 2.24) is 25.2 Å². The van der Waals surface area contributed by atoms with E-state index in [-0.39, 0.29) is 6.03 Å². The zero-order valence-corrected chi connectivity index (χ0v) is 15.6.